The number of thiophene rings is 1. The van der Waals surface area contributed by atoms with Crippen LogP contribution in [0, 0.1) is 17.5 Å². The minimum atomic E-state index is -1.54. The molecule has 1 aliphatic heterocycles. The first-order valence-corrected chi connectivity index (χ1v) is 13.1. The van der Waals surface area contributed by atoms with Crippen LogP contribution >= 0.6 is 11.3 Å². The topological polar surface area (TPSA) is 61.9 Å². The Kier molecular flexibility index (Phi) is 7.83. The third-order valence-electron chi connectivity index (χ3n) is 6.42. The lowest BCUT2D eigenvalue weighted by Crippen LogP contribution is -2.48. The van der Waals surface area contributed by atoms with Crippen molar-refractivity contribution in [3.63, 3.8) is 0 Å². The van der Waals surface area contributed by atoms with Gasteiger partial charge < -0.3 is 19.9 Å². The zero-order valence-corrected chi connectivity index (χ0v) is 21.5. The van der Waals surface area contributed by atoms with Gasteiger partial charge in [-0.2, -0.15) is 0 Å². The van der Waals surface area contributed by atoms with E-state index in [9.17, 15) is 22.8 Å². The summed E-state index contributed by atoms with van der Waals surface area (Å²) in [4.78, 5) is 30.0. The molecule has 0 bridgehead atoms. The molecule has 0 atom stereocenters. The van der Waals surface area contributed by atoms with Crippen LogP contribution in [0.3, 0.4) is 0 Å². The maximum atomic E-state index is 13.8. The molecule has 1 saturated heterocycles. The van der Waals surface area contributed by atoms with Crippen LogP contribution in [0.25, 0.3) is 0 Å². The van der Waals surface area contributed by atoms with Crippen molar-refractivity contribution in [2.24, 2.45) is 0 Å². The van der Waals surface area contributed by atoms with Gasteiger partial charge in [0.05, 0.1) is 4.88 Å². The van der Waals surface area contributed by atoms with Gasteiger partial charge in [-0.25, -0.2) is 13.2 Å². The molecule has 0 spiro atoms. The summed E-state index contributed by atoms with van der Waals surface area (Å²) in [6.45, 7) is 2.44. The maximum absolute atomic E-state index is 13.8. The quantitative estimate of drug-likeness (QED) is 0.288. The highest BCUT2D eigenvalue weighted by Crippen LogP contribution is 2.23. The van der Waals surface area contributed by atoms with E-state index in [1.807, 2.05) is 46.7 Å². The monoisotopic (exact) mass is 551 g/mol. The first kappa shape index (κ1) is 26.3. The predicted molar refractivity (Wildman–Crippen MR) is 144 cm³/mol. The Morgan fingerprint density at radius 3 is 2.23 bits per heavy atom. The number of carbonyl (C=O) groups excluding carboxylic acids is 2. The van der Waals surface area contributed by atoms with Crippen LogP contribution in [0.5, 0.6) is 5.75 Å². The van der Waals surface area contributed by atoms with E-state index < -0.39 is 17.5 Å². The molecule has 1 aromatic heterocycles. The summed E-state index contributed by atoms with van der Waals surface area (Å²) in [6, 6.07) is 19.4. The summed E-state index contributed by atoms with van der Waals surface area (Å²) >= 11 is 1.45. The molecule has 5 rings (SSSR count). The Bertz CT molecular complexity index is 1450. The molecule has 39 heavy (non-hydrogen) atoms. The van der Waals surface area contributed by atoms with Crippen molar-refractivity contribution in [2.45, 2.75) is 6.61 Å². The van der Waals surface area contributed by atoms with Gasteiger partial charge in [0, 0.05) is 48.7 Å². The molecule has 0 unspecified atom stereocenters. The highest BCUT2D eigenvalue weighted by Gasteiger charge is 2.23. The number of rotatable bonds is 7. The van der Waals surface area contributed by atoms with Gasteiger partial charge in [0.25, 0.3) is 11.8 Å². The van der Waals surface area contributed by atoms with Gasteiger partial charge >= 0.3 is 0 Å². The van der Waals surface area contributed by atoms with E-state index in [0.717, 1.165) is 35.8 Å². The molecular weight excluding hydrogens is 527 g/mol. The van der Waals surface area contributed by atoms with Crippen LogP contribution in [0.2, 0.25) is 0 Å². The minimum Gasteiger partial charge on any atom is -0.489 e. The van der Waals surface area contributed by atoms with Crippen LogP contribution in [-0.4, -0.2) is 42.9 Å². The van der Waals surface area contributed by atoms with Crippen LogP contribution in [0.15, 0.2) is 78.2 Å². The number of benzene rings is 3. The van der Waals surface area contributed by atoms with Gasteiger partial charge in [-0.1, -0.05) is 6.07 Å². The normalized spacial score (nSPS) is 13.3. The van der Waals surface area contributed by atoms with Crippen LogP contribution in [0.1, 0.15) is 25.6 Å². The van der Waals surface area contributed by atoms with Crippen molar-refractivity contribution in [1.29, 1.82) is 0 Å². The molecule has 1 aliphatic rings. The highest BCUT2D eigenvalue weighted by molar-refractivity contribution is 7.12. The maximum Gasteiger partial charge on any atom is 0.264 e. The number of amides is 2. The fraction of sp³-hybridized carbons (Fsp3) is 0.172. The van der Waals surface area contributed by atoms with Crippen LogP contribution in [-0.2, 0) is 6.61 Å². The lowest BCUT2D eigenvalue weighted by atomic mass is 10.2. The molecule has 2 amide bonds. The molecule has 2 heterocycles. The Hall–Kier alpha value is -4.31. The predicted octanol–water partition coefficient (Wildman–Crippen LogP) is 5.96. The van der Waals surface area contributed by atoms with Gasteiger partial charge in [-0.15, -0.1) is 11.3 Å². The van der Waals surface area contributed by atoms with Crippen molar-refractivity contribution in [3.05, 3.63) is 112 Å². The number of nitrogens with zero attached hydrogens (tertiary/aromatic N) is 2. The molecular formula is C29H24F3N3O3S. The first-order chi connectivity index (χ1) is 18.9. The molecule has 10 heteroatoms. The highest BCUT2D eigenvalue weighted by atomic mass is 32.1. The van der Waals surface area contributed by atoms with E-state index in [4.69, 9.17) is 4.74 Å². The Morgan fingerprint density at radius 2 is 1.56 bits per heavy atom. The second kappa shape index (κ2) is 11.6. The summed E-state index contributed by atoms with van der Waals surface area (Å²) in [7, 11) is 0. The summed E-state index contributed by atoms with van der Waals surface area (Å²) in [5.41, 5.74) is 1.91. The third kappa shape index (κ3) is 6.06. The van der Waals surface area contributed by atoms with E-state index in [2.05, 4.69) is 10.2 Å². The van der Waals surface area contributed by atoms with Crippen LogP contribution in [0.4, 0.5) is 24.5 Å². The molecule has 3 aromatic carbocycles. The molecule has 0 radical (unpaired) electrons. The SMILES string of the molecule is O=C(Nc1ccc(N2CCN(C(=O)c3cccs3)CC2)cc1)c1ccc(OCc2ccc(F)c(F)c2F)cc1. The second-order valence-corrected chi connectivity index (χ2v) is 9.85. The number of halogens is 3. The van der Waals surface area contributed by atoms with Gasteiger partial charge in [0.1, 0.15) is 12.4 Å². The van der Waals surface area contributed by atoms with Crippen molar-refractivity contribution < 1.29 is 27.5 Å². The number of nitrogens with one attached hydrogen (secondary N) is 1. The molecule has 1 fully saturated rings. The summed E-state index contributed by atoms with van der Waals surface area (Å²) in [5.74, 6) is -4.00. The molecule has 200 valence electrons. The van der Waals surface area contributed by atoms with Crippen molar-refractivity contribution in [2.75, 3.05) is 36.4 Å². The number of ether oxygens (including phenoxy) is 1. The van der Waals surface area contributed by atoms with Crippen LogP contribution < -0.4 is 15.0 Å². The molecule has 0 saturated carbocycles. The smallest absolute Gasteiger partial charge is 0.264 e. The van der Waals surface area contributed by atoms with Gasteiger partial charge in [-0.3, -0.25) is 9.59 Å². The second-order valence-electron chi connectivity index (χ2n) is 8.91. The van der Waals surface area contributed by atoms with Gasteiger partial charge in [0.2, 0.25) is 0 Å². The lowest BCUT2D eigenvalue weighted by molar-refractivity contribution is 0.0751. The Labute approximate surface area is 227 Å². The average molecular weight is 552 g/mol. The number of anilines is 2. The number of hydrogen-bond donors (Lipinski definition) is 1. The van der Waals surface area contributed by atoms with Crippen molar-refractivity contribution in [1.82, 2.24) is 4.90 Å². The zero-order valence-electron chi connectivity index (χ0n) is 20.7. The van der Waals surface area contributed by atoms with Gasteiger partial charge in [-0.05, 0) is 72.1 Å². The minimum absolute atomic E-state index is 0.0690. The van der Waals surface area contributed by atoms with Crippen molar-refractivity contribution in [3.8, 4) is 5.75 Å². The van der Waals surface area contributed by atoms with E-state index in [1.54, 1.807) is 24.3 Å². The summed E-state index contributed by atoms with van der Waals surface area (Å²) < 4.78 is 45.7. The lowest BCUT2D eigenvalue weighted by Gasteiger charge is -2.36. The molecule has 0 aliphatic carbocycles. The third-order valence-corrected chi connectivity index (χ3v) is 7.27. The zero-order chi connectivity index (χ0) is 27.4. The standard InChI is InChI=1S/C29H24F3N3O3S/c30-24-12-5-20(26(31)27(24)32)18-38-23-10-3-19(4-11-23)28(36)33-21-6-8-22(9-7-21)34-13-15-35(16-14-34)29(37)25-2-1-17-39-25/h1-12,17H,13-16,18H2,(H,33,36). The van der Waals surface area contributed by atoms with E-state index in [0.29, 0.717) is 30.1 Å². The molecule has 4 aromatic rings. The number of carbonyl (C=O) groups is 2. The molecule has 6 nitrogen and oxygen atoms in total. The number of piperazine rings is 1. The molecule has 1 N–H and O–H groups in total. The van der Waals surface area contributed by atoms with E-state index in [1.165, 1.54) is 11.3 Å². The summed E-state index contributed by atoms with van der Waals surface area (Å²) in [5, 5.41) is 4.75. The number of hydrogen-bond acceptors (Lipinski definition) is 5. The Balaban J connectivity index is 1.12. The fourth-order valence-electron chi connectivity index (χ4n) is 4.22. The fourth-order valence-corrected chi connectivity index (χ4v) is 4.91. The largest absolute Gasteiger partial charge is 0.489 e. The van der Waals surface area contributed by atoms with Crippen molar-refractivity contribution >= 4 is 34.5 Å². The Morgan fingerprint density at radius 1 is 0.846 bits per heavy atom. The van der Waals surface area contributed by atoms with Gasteiger partial charge in [0.15, 0.2) is 17.5 Å². The van der Waals surface area contributed by atoms with E-state index in [-0.39, 0.29) is 24.0 Å². The summed E-state index contributed by atoms with van der Waals surface area (Å²) in [6.07, 6.45) is 0. The first-order valence-electron chi connectivity index (χ1n) is 12.2. The van der Waals surface area contributed by atoms with E-state index >= 15 is 0 Å². The average Bonchev–Trinajstić information content (AvgIpc) is 3.51.